The summed E-state index contributed by atoms with van der Waals surface area (Å²) in [4.78, 5) is 17.6. The lowest BCUT2D eigenvalue weighted by Crippen LogP contribution is -2.20. The van der Waals surface area contributed by atoms with Crippen molar-refractivity contribution in [3.05, 3.63) is 94.8 Å². The Labute approximate surface area is 149 Å². The lowest BCUT2D eigenvalue weighted by molar-refractivity contribution is 0.474. The van der Waals surface area contributed by atoms with Gasteiger partial charge < -0.3 is 5.11 Å². The van der Waals surface area contributed by atoms with Crippen LogP contribution in [0.5, 0.6) is 5.75 Å². The maximum Gasteiger partial charge on any atom is 0.282 e. The average Bonchev–Trinajstić information content (AvgIpc) is 2.69. The standard InChI is InChI=1S/C21H15N3O2/c25-19-13-7-4-10-16(19)14-22-24-20(15-8-2-1-3-9-15)23-18-12-6-5-11-17(18)21(24)26/h1-14,25H/b22-14-. The summed E-state index contributed by atoms with van der Waals surface area (Å²) in [6.07, 6.45) is 1.46. The summed E-state index contributed by atoms with van der Waals surface area (Å²) < 4.78 is 1.27. The van der Waals surface area contributed by atoms with Crippen molar-refractivity contribution in [2.24, 2.45) is 5.10 Å². The Bertz CT molecular complexity index is 1160. The van der Waals surface area contributed by atoms with Gasteiger partial charge in [-0.3, -0.25) is 4.79 Å². The van der Waals surface area contributed by atoms with E-state index in [1.165, 1.54) is 10.9 Å². The second-order valence-electron chi connectivity index (χ2n) is 5.74. The molecule has 0 spiro atoms. The van der Waals surface area contributed by atoms with Crippen LogP contribution in [0.4, 0.5) is 0 Å². The highest BCUT2D eigenvalue weighted by Gasteiger charge is 2.12. The third kappa shape index (κ3) is 2.86. The zero-order valence-corrected chi connectivity index (χ0v) is 13.8. The number of benzene rings is 3. The molecule has 5 heteroatoms. The van der Waals surface area contributed by atoms with E-state index in [2.05, 4.69) is 10.1 Å². The third-order valence-electron chi connectivity index (χ3n) is 4.03. The van der Waals surface area contributed by atoms with Gasteiger partial charge in [0.1, 0.15) is 5.75 Å². The minimum absolute atomic E-state index is 0.0966. The van der Waals surface area contributed by atoms with E-state index in [0.29, 0.717) is 22.3 Å². The fourth-order valence-corrected chi connectivity index (χ4v) is 2.72. The Morgan fingerprint density at radius 1 is 0.885 bits per heavy atom. The van der Waals surface area contributed by atoms with Crippen molar-refractivity contribution in [2.75, 3.05) is 0 Å². The van der Waals surface area contributed by atoms with Crippen LogP contribution in [-0.2, 0) is 0 Å². The fourth-order valence-electron chi connectivity index (χ4n) is 2.72. The van der Waals surface area contributed by atoms with Crippen LogP contribution in [-0.4, -0.2) is 21.0 Å². The molecule has 26 heavy (non-hydrogen) atoms. The van der Waals surface area contributed by atoms with E-state index in [9.17, 15) is 9.90 Å². The molecule has 126 valence electrons. The average molecular weight is 341 g/mol. The lowest BCUT2D eigenvalue weighted by atomic mass is 10.2. The van der Waals surface area contributed by atoms with Crippen molar-refractivity contribution in [1.82, 2.24) is 9.66 Å². The van der Waals surface area contributed by atoms with Gasteiger partial charge >= 0.3 is 0 Å². The van der Waals surface area contributed by atoms with Gasteiger partial charge in [0, 0.05) is 11.1 Å². The number of nitrogens with zero attached hydrogens (tertiary/aromatic N) is 3. The Balaban J connectivity index is 1.96. The largest absolute Gasteiger partial charge is 0.507 e. The van der Waals surface area contributed by atoms with Crippen LogP contribution in [0.1, 0.15) is 5.56 Å². The molecule has 0 saturated heterocycles. The van der Waals surface area contributed by atoms with Gasteiger partial charge in [-0.15, -0.1) is 0 Å². The van der Waals surface area contributed by atoms with Gasteiger partial charge in [-0.05, 0) is 24.3 Å². The molecule has 4 rings (SSSR count). The maximum atomic E-state index is 13.0. The van der Waals surface area contributed by atoms with E-state index in [0.717, 1.165) is 5.56 Å². The summed E-state index contributed by atoms with van der Waals surface area (Å²) in [6, 6.07) is 23.4. The predicted octanol–water partition coefficient (Wildman–Crippen LogP) is 3.65. The second-order valence-corrected chi connectivity index (χ2v) is 5.74. The van der Waals surface area contributed by atoms with Gasteiger partial charge in [-0.25, -0.2) is 4.98 Å². The molecule has 0 bridgehead atoms. The first kappa shape index (κ1) is 15.8. The number of para-hydroxylation sites is 2. The highest BCUT2D eigenvalue weighted by molar-refractivity contribution is 5.84. The van der Waals surface area contributed by atoms with E-state index in [4.69, 9.17) is 0 Å². The maximum absolute atomic E-state index is 13.0. The molecular formula is C21H15N3O2. The summed E-state index contributed by atoms with van der Waals surface area (Å²) in [5.74, 6) is 0.542. The first-order valence-electron chi connectivity index (χ1n) is 8.13. The number of hydrogen-bond donors (Lipinski definition) is 1. The van der Waals surface area contributed by atoms with Crippen molar-refractivity contribution in [1.29, 1.82) is 0 Å². The van der Waals surface area contributed by atoms with Crippen LogP contribution in [0.15, 0.2) is 88.8 Å². The molecule has 3 aromatic carbocycles. The molecule has 4 aromatic rings. The summed E-state index contributed by atoms with van der Waals surface area (Å²) in [7, 11) is 0. The summed E-state index contributed by atoms with van der Waals surface area (Å²) in [5.41, 5.74) is 1.66. The molecule has 0 aliphatic rings. The van der Waals surface area contributed by atoms with E-state index < -0.39 is 0 Å². The molecule has 0 saturated carbocycles. The topological polar surface area (TPSA) is 67.5 Å². The van der Waals surface area contributed by atoms with Gasteiger partial charge in [-0.1, -0.05) is 54.6 Å². The van der Waals surface area contributed by atoms with Gasteiger partial charge in [0.2, 0.25) is 0 Å². The van der Waals surface area contributed by atoms with Crippen LogP contribution in [0.25, 0.3) is 22.3 Å². The van der Waals surface area contributed by atoms with Crippen molar-refractivity contribution < 1.29 is 5.11 Å². The minimum Gasteiger partial charge on any atom is -0.507 e. The number of phenolic OH excluding ortho intramolecular Hbond substituents is 1. The van der Waals surface area contributed by atoms with E-state index in [1.807, 2.05) is 36.4 Å². The van der Waals surface area contributed by atoms with Crippen LogP contribution in [0, 0.1) is 0 Å². The summed E-state index contributed by atoms with van der Waals surface area (Å²) in [6.45, 7) is 0. The smallest absolute Gasteiger partial charge is 0.282 e. The van der Waals surface area contributed by atoms with Crippen LogP contribution in [0.2, 0.25) is 0 Å². The van der Waals surface area contributed by atoms with E-state index >= 15 is 0 Å². The Morgan fingerprint density at radius 3 is 2.38 bits per heavy atom. The first-order chi connectivity index (χ1) is 12.7. The Morgan fingerprint density at radius 2 is 1.58 bits per heavy atom. The van der Waals surface area contributed by atoms with Crippen LogP contribution < -0.4 is 5.56 Å². The number of aromatic hydroxyl groups is 1. The first-order valence-corrected chi connectivity index (χ1v) is 8.13. The van der Waals surface area contributed by atoms with Gasteiger partial charge in [0.05, 0.1) is 17.1 Å². The van der Waals surface area contributed by atoms with Gasteiger partial charge in [-0.2, -0.15) is 9.78 Å². The SMILES string of the molecule is O=c1c2ccccc2nc(-c2ccccc2)n1/N=C\c1ccccc1O. The normalized spacial score (nSPS) is 11.2. The molecule has 1 N–H and O–H groups in total. The summed E-state index contributed by atoms with van der Waals surface area (Å²) in [5, 5.41) is 14.7. The highest BCUT2D eigenvalue weighted by atomic mass is 16.3. The second kappa shape index (κ2) is 6.64. The Hall–Kier alpha value is -3.73. The number of rotatable bonds is 3. The van der Waals surface area contributed by atoms with Crippen molar-refractivity contribution in [3.8, 4) is 17.1 Å². The molecule has 0 amide bonds. The van der Waals surface area contributed by atoms with Gasteiger partial charge in [0.25, 0.3) is 5.56 Å². The molecule has 5 nitrogen and oxygen atoms in total. The minimum atomic E-state index is -0.263. The highest BCUT2D eigenvalue weighted by Crippen LogP contribution is 2.19. The molecule has 0 aliphatic carbocycles. The number of phenols is 1. The molecule has 0 fully saturated rings. The van der Waals surface area contributed by atoms with Crippen molar-refractivity contribution in [3.63, 3.8) is 0 Å². The molecule has 1 aromatic heterocycles. The number of fused-ring (bicyclic) bond motifs is 1. The zero-order valence-electron chi connectivity index (χ0n) is 13.8. The molecule has 0 aliphatic heterocycles. The quantitative estimate of drug-likeness (QED) is 0.578. The van der Waals surface area contributed by atoms with Crippen LogP contribution in [0.3, 0.4) is 0 Å². The molecule has 0 unspecified atom stereocenters. The van der Waals surface area contributed by atoms with E-state index in [-0.39, 0.29) is 11.3 Å². The number of hydrogen-bond acceptors (Lipinski definition) is 4. The Kier molecular flexibility index (Phi) is 4.03. The van der Waals surface area contributed by atoms with Crippen molar-refractivity contribution >= 4 is 17.1 Å². The van der Waals surface area contributed by atoms with E-state index in [1.54, 1.807) is 42.5 Å². The van der Waals surface area contributed by atoms with Crippen LogP contribution >= 0.6 is 0 Å². The molecule has 0 radical (unpaired) electrons. The van der Waals surface area contributed by atoms with Crippen molar-refractivity contribution in [2.45, 2.75) is 0 Å². The lowest BCUT2D eigenvalue weighted by Gasteiger charge is -2.09. The molecular weight excluding hydrogens is 326 g/mol. The molecule has 1 heterocycles. The monoisotopic (exact) mass is 341 g/mol. The zero-order chi connectivity index (χ0) is 17.9. The fraction of sp³-hybridized carbons (Fsp3) is 0. The van der Waals surface area contributed by atoms with Gasteiger partial charge in [0.15, 0.2) is 5.82 Å². The predicted molar refractivity (Wildman–Crippen MR) is 103 cm³/mol. The summed E-state index contributed by atoms with van der Waals surface area (Å²) >= 11 is 0. The third-order valence-corrected chi connectivity index (χ3v) is 4.03. The number of aromatic nitrogens is 2. The molecule has 0 atom stereocenters.